The molecule has 1 aromatic carbocycles. The summed E-state index contributed by atoms with van der Waals surface area (Å²) in [4.78, 5) is 24.2. The maximum atomic E-state index is 11.8. The molecule has 2 rings (SSSR count). The van der Waals surface area contributed by atoms with E-state index >= 15 is 0 Å². The Labute approximate surface area is 144 Å². The van der Waals surface area contributed by atoms with E-state index < -0.39 is 0 Å². The fraction of sp³-hybridized carbons (Fsp3) is 0.294. The molecular formula is C17H18ClNO3S. The Morgan fingerprint density at radius 2 is 1.96 bits per heavy atom. The molecule has 0 aliphatic carbocycles. The van der Waals surface area contributed by atoms with Gasteiger partial charge < -0.3 is 10.1 Å². The van der Waals surface area contributed by atoms with Crippen LogP contribution in [0.2, 0.25) is 5.02 Å². The number of nitrogens with one attached hydrogen (secondary N) is 1. The number of amides is 1. The van der Waals surface area contributed by atoms with E-state index in [1.807, 2.05) is 25.3 Å². The van der Waals surface area contributed by atoms with E-state index in [9.17, 15) is 9.59 Å². The molecule has 0 radical (unpaired) electrons. The number of carbonyl (C=O) groups is 2. The van der Waals surface area contributed by atoms with Crippen molar-refractivity contribution in [3.05, 3.63) is 50.7 Å². The SMILES string of the molecule is Cc1cc(OC(=O)CCCNC(=O)c2cccs2)cc(C)c1Cl. The van der Waals surface area contributed by atoms with E-state index in [0.717, 1.165) is 11.1 Å². The van der Waals surface area contributed by atoms with Crippen LogP contribution in [0.4, 0.5) is 0 Å². The van der Waals surface area contributed by atoms with E-state index in [1.54, 1.807) is 18.2 Å². The van der Waals surface area contributed by atoms with Gasteiger partial charge in [-0.15, -0.1) is 11.3 Å². The number of aryl methyl sites for hydroxylation is 2. The lowest BCUT2D eigenvalue weighted by molar-refractivity contribution is -0.134. The number of thiophene rings is 1. The molecule has 0 atom stereocenters. The first kappa shape index (κ1) is 17.5. The van der Waals surface area contributed by atoms with Crippen LogP contribution in [0.5, 0.6) is 5.75 Å². The summed E-state index contributed by atoms with van der Waals surface area (Å²) in [7, 11) is 0. The van der Waals surface area contributed by atoms with Crippen LogP contribution in [0, 0.1) is 13.8 Å². The summed E-state index contributed by atoms with van der Waals surface area (Å²) >= 11 is 7.47. The standard InChI is InChI=1S/C17H18ClNO3S/c1-11-9-13(10-12(2)16(11)18)22-15(20)6-3-7-19-17(21)14-5-4-8-23-14/h4-5,8-10H,3,6-7H2,1-2H3,(H,19,21). The fourth-order valence-electron chi connectivity index (χ4n) is 2.08. The molecule has 2 aromatic rings. The van der Waals surface area contributed by atoms with Gasteiger partial charge in [0, 0.05) is 18.0 Å². The molecule has 122 valence electrons. The van der Waals surface area contributed by atoms with Gasteiger partial charge in [0.25, 0.3) is 5.91 Å². The van der Waals surface area contributed by atoms with Crippen molar-refractivity contribution in [2.24, 2.45) is 0 Å². The van der Waals surface area contributed by atoms with E-state index in [1.165, 1.54) is 11.3 Å². The minimum atomic E-state index is -0.323. The van der Waals surface area contributed by atoms with E-state index in [-0.39, 0.29) is 18.3 Å². The fourth-order valence-corrected chi connectivity index (χ4v) is 2.83. The lowest BCUT2D eigenvalue weighted by Crippen LogP contribution is -2.24. The Kier molecular flexibility index (Phi) is 6.19. The van der Waals surface area contributed by atoms with Gasteiger partial charge in [-0.2, -0.15) is 0 Å². The maximum Gasteiger partial charge on any atom is 0.311 e. The maximum absolute atomic E-state index is 11.8. The first-order valence-corrected chi connectivity index (χ1v) is 8.52. The largest absolute Gasteiger partial charge is 0.427 e. The van der Waals surface area contributed by atoms with Crippen molar-refractivity contribution in [2.75, 3.05) is 6.54 Å². The van der Waals surface area contributed by atoms with Crippen molar-refractivity contribution in [3.63, 3.8) is 0 Å². The topological polar surface area (TPSA) is 55.4 Å². The first-order chi connectivity index (χ1) is 11.0. The van der Waals surface area contributed by atoms with Gasteiger partial charge in [0.1, 0.15) is 5.75 Å². The minimum Gasteiger partial charge on any atom is -0.427 e. The molecule has 1 aromatic heterocycles. The van der Waals surface area contributed by atoms with Crippen molar-refractivity contribution in [2.45, 2.75) is 26.7 Å². The second-order valence-corrected chi connectivity index (χ2v) is 6.51. The molecule has 6 heteroatoms. The van der Waals surface area contributed by atoms with Gasteiger partial charge in [-0.25, -0.2) is 0 Å². The highest BCUT2D eigenvalue weighted by molar-refractivity contribution is 7.12. The molecular weight excluding hydrogens is 334 g/mol. The molecule has 0 bridgehead atoms. The second kappa shape index (κ2) is 8.13. The average Bonchev–Trinajstić information content (AvgIpc) is 3.03. The summed E-state index contributed by atoms with van der Waals surface area (Å²) in [5.41, 5.74) is 1.75. The molecule has 1 N–H and O–H groups in total. The van der Waals surface area contributed by atoms with Gasteiger partial charge in [-0.3, -0.25) is 9.59 Å². The van der Waals surface area contributed by atoms with Crippen LogP contribution in [-0.2, 0) is 4.79 Å². The Bertz CT molecular complexity index is 675. The monoisotopic (exact) mass is 351 g/mol. The summed E-state index contributed by atoms with van der Waals surface area (Å²) in [6.07, 6.45) is 0.771. The molecule has 0 saturated heterocycles. The van der Waals surface area contributed by atoms with Gasteiger partial charge >= 0.3 is 5.97 Å². The van der Waals surface area contributed by atoms with Crippen molar-refractivity contribution in [1.29, 1.82) is 0 Å². The molecule has 1 heterocycles. The number of hydrogen-bond acceptors (Lipinski definition) is 4. The van der Waals surface area contributed by atoms with Gasteiger partial charge in [0.15, 0.2) is 0 Å². The quantitative estimate of drug-likeness (QED) is 0.483. The molecule has 0 fully saturated rings. The van der Waals surface area contributed by atoms with Gasteiger partial charge in [-0.05, 0) is 55.0 Å². The Morgan fingerprint density at radius 3 is 2.57 bits per heavy atom. The Morgan fingerprint density at radius 1 is 1.26 bits per heavy atom. The Balaban J connectivity index is 1.74. The van der Waals surface area contributed by atoms with Crippen LogP contribution in [0.1, 0.15) is 33.6 Å². The van der Waals surface area contributed by atoms with E-state index in [4.69, 9.17) is 16.3 Å². The number of benzene rings is 1. The number of carbonyl (C=O) groups excluding carboxylic acids is 2. The predicted molar refractivity (Wildman–Crippen MR) is 92.4 cm³/mol. The molecule has 0 aliphatic heterocycles. The summed E-state index contributed by atoms with van der Waals surface area (Å²) in [5, 5.41) is 5.31. The van der Waals surface area contributed by atoms with Crippen LogP contribution < -0.4 is 10.1 Å². The lowest BCUT2D eigenvalue weighted by Gasteiger charge is -2.09. The third-order valence-electron chi connectivity index (χ3n) is 3.23. The number of halogens is 1. The number of rotatable bonds is 6. The number of esters is 1. The van der Waals surface area contributed by atoms with Crippen LogP contribution in [0.3, 0.4) is 0 Å². The predicted octanol–water partition coefficient (Wildman–Crippen LogP) is 4.13. The number of ether oxygens (including phenoxy) is 1. The summed E-state index contributed by atoms with van der Waals surface area (Å²) in [5.74, 6) is 0.0610. The summed E-state index contributed by atoms with van der Waals surface area (Å²) in [6.45, 7) is 4.17. The molecule has 1 amide bonds. The third kappa shape index (κ3) is 5.08. The first-order valence-electron chi connectivity index (χ1n) is 7.26. The zero-order chi connectivity index (χ0) is 16.8. The molecule has 0 spiro atoms. The van der Waals surface area contributed by atoms with E-state index in [2.05, 4.69) is 5.32 Å². The van der Waals surface area contributed by atoms with Crippen LogP contribution in [-0.4, -0.2) is 18.4 Å². The Hall–Kier alpha value is -1.85. The molecule has 0 saturated carbocycles. The van der Waals surface area contributed by atoms with Gasteiger partial charge in [0.05, 0.1) is 4.88 Å². The minimum absolute atomic E-state index is 0.114. The van der Waals surface area contributed by atoms with Crippen molar-refractivity contribution < 1.29 is 14.3 Å². The second-order valence-electron chi connectivity index (χ2n) is 5.18. The molecule has 0 unspecified atom stereocenters. The van der Waals surface area contributed by atoms with Crippen LogP contribution in [0.25, 0.3) is 0 Å². The van der Waals surface area contributed by atoms with Gasteiger partial charge in [-0.1, -0.05) is 17.7 Å². The number of hydrogen-bond donors (Lipinski definition) is 1. The highest BCUT2D eigenvalue weighted by Gasteiger charge is 2.09. The van der Waals surface area contributed by atoms with Crippen LogP contribution in [0.15, 0.2) is 29.6 Å². The van der Waals surface area contributed by atoms with Crippen molar-refractivity contribution in [1.82, 2.24) is 5.32 Å². The molecule has 4 nitrogen and oxygen atoms in total. The van der Waals surface area contributed by atoms with Crippen molar-refractivity contribution in [3.8, 4) is 5.75 Å². The highest BCUT2D eigenvalue weighted by atomic mass is 35.5. The van der Waals surface area contributed by atoms with Gasteiger partial charge in [0.2, 0.25) is 0 Å². The lowest BCUT2D eigenvalue weighted by atomic mass is 10.1. The molecule has 23 heavy (non-hydrogen) atoms. The average molecular weight is 352 g/mol. The third-order valence-corrected chi connectivity index (χ3v) is 4.69. The van der Waals surface area contributed by atoms with Crippen molar-refractivity contribution >= 4 is 34.8 Å². The summed E-state index contributed by atoms with van der Waals surface area (Å²) in [6, 6.07) is 7.07. The summed E-state index contributed by atoms with van der Waals surface area (Å²) < 4.78 is 5.30. The van der Waals surface area contributed by atoms with Crippen LogP contribution >= 0.6 is 22.9 Å². The zero-order valence-corrected chi connectivity index (χ0v) is 14.6. The highest BCUT2D eigenvalue weighted by Crippen LogP contribution is 2.26. The molecule has 0 aliphatic rings. The van der Waals surface area contributed by atoms with E-state index in [0.29, 0.717) is 28.6 Å². The smallest absolute Gasteiger partial charge is 0.311 e. The normalized spacial score (nSPS) is 10.4. The zero-order valence-electron chi connectivity index (χ0n) is 13.0.